The molecule has 0 aromatic heterocycles. The first kappa shape index (κ1) is 4.44. The van der Waals surface area contributed by atoms with E-state index < -0.39 is 6.17 Å². The highest BCUT2D eigenvalue weighted by Gasteiger charge is 2.36. The second-order valence-corrected chi connectivity index (χ2v) is 2.60. The molecule has 1 unspecified atom stereocenters. The minimum absolute atomic E-state index is 0.352. The van der Waals surface area contributed by atoms with Gasteiger partial charge >= 0.3 is 0 Å². The molecule has 0 spiro atoms. The monoisotopic (exact) mass is 106 g/mol. The Labute approximate surface area is 41.1 Å². The van der Waals surface area contributed by atoms with Crippen molar-refractivity contribution in [1.29, 1.82) is 0 Å². The van der Waals surface area contributed by atoms with Gasteiger partial charge in [0.2, 0.25) is 0 Å². The molecule has 0 radical (unpaired) electrons. The van der Waals surface area contributed by atoms with Crippen LogP contribution in [-0.4, -0.2) is 17.7 Å². The molecule has 1 aliphatic rings. The molecule has 2 atom stereocenters. The zero-order chi connectivity index (χ0) is 4.57. The highest BCUT2D eigenvalue weighted by Crippen LogP contribution is 2.35. The van der Waals surface area contributed by atoms with E-state index in [0.29, 0.717) is 5.25 Å². The molecule has 1 saturated carbocycles. The average molecular weight is 106 g/mol. The van der Waals surface area contributed by atoms with Crippen molar-refractivity contribution in [1.82, 2.24) is 0 Å². The van der Waals surface area contributed by atoms with Gasteiger partial charge in [0.05, 0.1) is 0 Å². The minimum atomic E-state index is -0.472. The molecule has 6 heavy (non-hydrogen) atoms. The number of hydrogen-bond donors (Lipinski definition) is 0. The van der Waals surface area contributed by atoms with Gasteiger partial charge in [0, 0.05) is 5.25 Å². The predicted octanol–water partition coefficient (Wildman–Crippen LogP) is 1.46. The summed E-state index contributed by atoms with van der Waals surface area (Å²) in [7, 11) is 0. The SMILES string of the molecule is CS[C@@H]1CC1F. The summed E-state index contributed by atoms with van der Waals surface area (Å²) in [4.78, 5) is 0. The Morgan fingerprint density at radius 3 is 2.33 bits per heavy atom. The Balaban J connectivity index is 2.09. The van der Waals surface area contributed by atoms with Crippen LogP contribution in [0.4, 0.5) is 4.39 Å². The largest absolute Gasteiger partial charge is 0.246 e. The Morgan fingerprint density at radius 2 is 2.33 bits per heavy atom. The summed E-state index contributed by atoms with van der Waals surface area (Å²) >= 11 is 1.62. The van der Waals surface area contributed by atoms with Gasteiger partial charge in [0.1, 0.15) is 6.17 Å². The first-order chi connectivity index (χ1) is 2.84. The molecular formula is C4H7FS. The maximum Gasteiger partial charge on any atom is 0.113 e. The van der Waals surface area contributed by atoms with Crippen molar-refractivity contribution < 1.29 is 4.39 Å². The fourth-order valence-corrected chi connectivity index (χ4v) is 1.06. The number of hydrogen-bond acceptors (Lipinski definition) is 1. The van der Waals surface area contributed by atoms with Crippen LogP contribution in [0.2, 0.25) is 0 Å². The molecule has 0 bridgehead atoms. The minimum Gasteiger partial charge on any atom is -0.246 e. The molecule has 1 fully saturated rings. The van der Waals surface area contributed by atoms with Crippen molar-refractivity contribution >= 4 is 11.8 Å². The molecule has 0 heterocycles. The highest BCUT2D eigenvalue weighted by molar-refractivity contribution is 7.99. The van der Waals surface area contributed by atoms with Crippen molar-refractivity contribution in [2.75, 3.05) is 6.26 Å². The van der Waals surface area contributed by atoms with Crippen LogP contribution in [0.1, 0.15) is 6.42 Å². The first-order valence-corrected chi connectivity index (χ1v) is 3.30. The summed E-state index contributed by atoms with van der Waals surface area (Å²) < 4.78 is 11.8. The summed E-state index contributed by atoms with van der Waals surface area (Å²) in [6.45, 7) is 0. The molecule has 0 aliphatic heterocycles. The third-order valence-electron chi connectivity index (χ3n) is 0.961. The van der Waals surface area contributed by atoms with Gasteiger partial charge in [-0.2, -0.15) is 11.8 Å². The summed E-state index contributed by atoms with van der Waals surface area (Å²) in [6.07, 6.45) is 2.27. The normalized spacial score (nSPS) is 43.0. The fraction of sp³-hybridized carbons (Fsp3) is 1.00. The predicted molar refractivity (Wildman–Crippen MR) is 26.8 cm³/mol. The summed E-state index contributed by atoms with van der Waals surface area (Å²) in [6, 6.07) is 0. The Morgan fingerprint density at radius 1 is 1.83 bits per heavy atom. The van der Waals surface area contributed by atoms with Crippen molar-refractivity contribution in [3.63, 3.8) is 0 Å². The van der Waals surface area contributed by atoms with E-state index in [9.17, 15) is 4.39 Å². The Kier molecular flexibility index (Phi) is 1.04. The molecule has 0 aromatic carbocycles. The first-order valence-electron chi connectivity index (χ1n) is 2.01. The number of halogens is 1. The lowest BCUT2D eigenvalue weighted by molar-refractivity contribution is 0.482. The van der Waals surface area contributed by atoms with Gasteiger partial charge in [-0.1, -0.05) is 0 Å². The molecule has 1 aliphatic carbocycles. The van der Waals surface area contributed by atoms with Gasteiger partial charge in [0.15, 0.2) is 0 Å². The van der Waals surface area contributed by atoms with E-state index in [-0.39, 0.29) is 0 Å². The fourth-order valence-electron chi connectivity index (χ4n) is 0.387. The van der Waals surface area contributed by atoms with Gasteiger partial charge in [-0.15, -0.1) is 0 Å². The van der Waals surface area contributed by atoms with Crippen LogP contribution in [0.25, 0.3) is 0 Å². The van der Waals surface area contributed by atoms with Gasteiger partial charge in [-0.25, -0.2) is 4.39 Å². The lowest BCUT2D eigenvalue weighted by Gasteiger charge is -1.77. The zero-order valence-corrected chi connectivity index (χ0v) is 4.46. The summed E-state index contributed by atoms with van der Waals surface area (Å²) in [5, 5.41) is 0.352. The Hall–Kier alpha value is 0.280. The van der Waals surface area contributed by atoms with E-state index in [0.717, 1.165) is 6.42 Å². The second kappa shape index (κ2) is 1.41. The van der Waals surface area contributed by atoms with E-state index in [2.05, 4.69) is 0 Å². The topological polar surface area (TPSA) is 0 Å². The zero-order valence-electron chi connectivity index (χ0n) is 3.65. The van der Waals surface area contributed by atoms with Crippen molar-refractivity contribution in [3.05, 3.63) is 0 Å². The van der Waals surface area contributed by atoms with E-state index in [1.54, 1.807) is 11.8 Å². The third kappa shape index (κ3) is 0.672. The summed E-state index contributed by atoms with van der Waals surface area (Å²) in [5.74, 6) is 0. The standard InChI is InChI=1S/C4H7FS/c1-6-4-2-3(4)5/h3-4H,2H2,1H3/t3?,4-/m1/s1. The van der Waals surface area contributed by atoms with Crippen LogP contribution in [-0.2, 0) is 0 Å². The van der Waals surface area contributed by atoms with Crippen molar-refractivity contribution in [2.45, 2.75) is 17.8 Å². The van der Waals surface area contributed by atoms with E-state index in [4.69, 9.17) is 0 Å². The maximum atomic E-state index is 11.8. The number of alkyl halides is 1. The summed E-state index contributed by atoms with van der Waals surface area (Å²) in [5.41, 5.74) is 0. The quantitative estimate of drug-likeness (QED) is 0.487. The highest BCUT2D eigenvalue weighted by atomic mass is 32.2. The van der Waals surface area contributed by atoms with Crippen LogP contribution < -0.4 is 0 Å². The molecule has 0 aromatic rings. The van der Waals surface area contributed by atoms with Crippen LogP contribution in [0.3, 0.4) is 0 Å². The van der Waals surface area contributed by atoms with Crippen LogP contribution >= 0.6 is 11.8 Å². The smallest absolute Gasteiger partial charge is 0.113 e. The van der Waals surface area contributed by atoms with E-state index in [1.165, 1.54) is 0 Å². The third-order valence-corrected chi connectivity index (χ3v) is 2.05. The number of thioether (sulfide) groups is 1. The van der Waals surface area contributed by atoms with Gasteiger partial charge < -0.3 is 0 Å². The lowest BCUT2D eigenvalue weighted by atomic mass is 10.9. The molecule has 36 valence electrons. The lowest BCUT2D eigenvalue weighted by Crippen LogP contribution is -1.73. The number of rotatable bonds is 1. The van der Waals surface area contributed by atoms with Crippen molar-refractivity contribution in [2.24, 2.45) is 0 Å². The maximum absolute atomic E-state index is 11.8. The molecule has 2 heteroatoms. The average Bonchev–Trinajstić information content (AvgIpc) is 2.19. The van der Waals surface area contributed by atoms with E-state index >= 15 is 0 Å². The van der Waals surface area contributed by atoms with Crippen LogP contribution in [0.5, 0.6) is 0 Å². The van der Waals surface area contributed by atoms with E-state index in [1.807, 2.05) is 6.26 Å². The van der Waals surface area contributed by atoms with Crippen LogP contribution in [0, 0.1) is 0 Å². The van der Waals surface area contributed by atoms with Crippen LogP contribution in [0.15, 0.2) is 0 Å². The van der Waals surface area contributed by atoms with Gasteiger partial charge in [0.25, 0.3) is 0 Å². The van der Waals surface area contributed by atoms with Crippen molar-refractivity contribution in [3.8, 4) is 0 Å². The molecular weight excluding hydrogens is 99.1 g/mol. The second-order valence-electron chi connectivity index (χ2n) is 1.53. The molecule has 1 rings (SSSR count). The Bertz CT molecular complexity index is 53.5. The molecule has 0 amide bonds. The molecule has 0 saturated heterocycles. The van der Waals surface area contributed by atoms with Gasteiger partial charge in [-0.3, -0.25) is 0 Å². The van der Waals surface area contributed by atoms with Gasteiger partial charge in [-0.05, 0) is 12.7 Å². The molecule has 0 nitrogen and oxygen atoms in total. The molecule has 0 N–H and O–H groups in total.